The van der Waals surface area contributed by atoms with Crippen LogP contribution in [-0.2, 0) is 14.3 Å². The summed E-state index contributed by atoms with van der Waals surface area (Å²) in [5.74, 6) is -1.13. The first-order valence-corrected chi connectivity index (χ1v) is 6.57. The van der Waals surface area contributed by atoms with Gasteiger partial charge in [0.05, 0.1) is 12.5 Å². The molecule has 0 radical (unpaired) electrons. The number of nitrogens with zero attached hydrogens (tertiary/aromatic N) is 2. The zero-order valence-corrected chi connectivity index (χ0v) is 12.4. The molecule has 20 heavy (non-hydrogen) atoms. The van der Waals surface area contributed by atoms with Gasteiger partial charge in [0.1, 0.15) is 5.60 Å². The fourth-order valence-electron chi connectivity index (χ4n) is 2.08. The second-order valence-electron chi connectivity index (χ2n) is 5.89. The Morgan fingerprint density at radius 3 is 2.30 bits per heavy atom. The molecule has 7 nitrogen and oxygen atoms in total. The number of hydrogen-bond acceptors (Lipinski definition) is 4. The first-order chi connectivity index (χ1) is 9.10. The second-order valence-corrected chi connectivity index (χ2v) is 5.89. The zero-order chi connectivity index (χ0) is 15.5. The Morgan fingerprint density at radius 2 is 1.85 bits per heavy atom. The minimum absolute atomic E-state index is 0.121. The Bertz CT molecular complexity index is 402. The van der Waals surface area contributed by atoms with E-state index in [1.54, 1.807) is 25.7 Å². The van der Waals surface area contributed by atoms with E-state index in [2.05, 4.69) is 0 Å². The van der Waals surface area contributed by atoms with Crippen molar-refractivity contribution >= 4 is 18.0 Å². The molecule has 0 aliphatic carbocycles. The molecule has 0 saturated carbocycles. The predicted molar refractivity (Wildman–Crippen MR) is 71.2 cm³/mol. The van der Waals surface area contributed by atoms with Crippen molar-refractivity contribution in [3.8, 4) is 0 Å². The minimum atomic E-state index is -1.01. The molecule has 0 spiro atoms. The van der Waals surface area contributed by atoms with Crippen molar-refractivity contribution in [3.05, 3.63) is 0 Å². The third kappa shape index (κ3) is 4.71. The Balaban J connectivity index is 2.79. The highest BCUT2D eigenvalue weighted by Gasteiger charge is 2.35. The third-order valence-electron chi connectivity index (χ3n) is 2.97. The Labute approximate surface area is 118 Å². The summed E-state index contributed by atoms with van der Waals surface area (Å²) in [5, 5.41) is 8.94. The maximum atomic E-state index is 12.1. The molecule has 1 saturated heterocycles. The van der Waals surface area contributed by atoms with Crippen LogP contribution >= 0.6 is 0 Å². The lowest BCUT2D eigenvalue weighted by atomic mass is 10.1. The number of piperazine rings is 1. The van der Waals surface area contributed by atoms with Crippen LogP contribution in [0.5, 0.6) is 0 Å². The lowest BCUT2D eigenvalue weighted by molar-refractivity contribution is -0.141. The number of carbonyl (C=O) groups is 3. The lowest BCUT2D eigenvalue weighted by Gasteiger charge is -2.40. The summed E-state index contributed by atoms with van der Waals surface area (Å²) in [6, 6.07) is -0.556. The van der Waals surface area contributed by atoms with Crippen LogP contribution in [0, 0.1) is 0 Å². The standard InChI is InChI=1S/C13H22N2O5/c1-9(16)14-5-6-15(10(8-14)7-11(17)18)12(19)20-13(2,3)4/h10H,5-8H2,1-4H3,(H,17,18)/t10-/m0/s1. The van der Waals surface area contributed by atoms with Gasteiger partial charge in [0.25, 0.3) is 0 Å². The molecule has 1 heterocycles. The Morgan fingerprint density at radius 1 is 1.25 bits per heavy atom. The molecule has 1 aliphatic heterocycles. The molecule has 0 unspecified atom stereocenters. The quantitative estimate of drug-likeness (QED) is 0.816. The van der Waals surface area contributed by atoms with Crippen molar-refractivity contribution in [1.29, 1.82) is 0 Å². The average molecular weight is 286 g/mol. The molecule has 1 aliphatic rings. The van der Waals surface area contributed by atoms with Gasteiger partial charge in [-0.15, -0.1) is 0 Å². The summed E-state index contributed by atoms with van der Waals surface area (Å²) in [6.45, 7) is 7.59. The monoisotopic (exact) mass is 286 g/mol. The van der Waals surface area contributed by atoms with Gasteiger partial charge in [-0.25, -0.2) is 4.79 Å². The van der Waals surface area contributed by atoms with Crippen molar-refractivity contribution in [1.82, 2.24) is 9.80 Å². The summed E-state index contributed by atoms with van der Waals surface area (Å²) in [4.78, 5) is 37.3. The molecule has 0 bridgehead atoms. The van der Waals surface area contributed by atoms with Gasteiger partial charge in [-0.1, -0.05) is 0 Å². The highest BCUT2D eigenvalue weighted by atomic mass is 16.6. The van der Waals surface area contributed by atoms with Crippen LogP contribution in [0.1, 0.15) is 34.1 Å². The van der Waals surface area contributed by atoms with Crippen LogP contribution in [0.15, 0.2) is 0 Å². The number of carboxylic acid groups (broad SMARTS) is 1. The van der Waals surface area contributed by atoms with Gasteiger partial charge in [0, 0.05) is 26.6 Å². The molecule has 1 fully saturated rings. The van der Waals surface area contributed by atoms with Crippen molar-refractivity contribution in [2.75, 3.05) is 19.6 Å². The molecule has 0 aromatic rings. The minimum Gasteiger partial charge on any atom is -0.481 e. The molecule has 1 N–H and O–H groups in total. The summed E-state index contributed by atoms with van der Waals surface area (Å²) in [5.41, 5.74) is -0.636. The second kappa shape index (κ2) is 6.11. The van der Waals surface area contributed by atoms with Crippen molar-refractivity contribution in [2.24, 2.45) is 0 Å². The van der Waals surface area contributed by atoms with E-state index in [4.69, 9.17) is 9.84 Å². The number of rotatable bonds is 2. The van der Waals surface area contributed by atoms with Gasteiger partial charge in [-0.3, -0.25) is 9.59 Å². The van der Waals surface area contributed by atoms with Crippen molar-refractivity contribution in [3.63, 3.8) is 0 Å². The molecular formula is C13H22N2O5. The van der Waals surface area contributed by atoms with E-state index in [0.29, 0.717) is 6.54 Å². The van der Waals surface area contributed by atoms with Gasteiger partial charge in [-0.05, 0) is 20.8 Å². The highest BCUT2D eigenvalue weighted by molar-refractivity contribution is 5.75. The normalized spacial score (nSPS) is 19.7. The molecule has 1 rings (SSSR count). The maximum absolute atomic E-state index is 12.1. The number of hydrogen-bond donors (Lipinski definition) is 1. The smallest absolute Gasteiger partial charge is 0.410 e. The Hall–Kier alpha value is -1.79. The third-order valence-corrected chi connectivity index (χ3v) is 2.97. The summed E-state index contributed by atoms with van der Waals surface area (Å²) in [6.07, 6.45) is -0.741. The fourth-order valence-corrected chi connectivity index (χ4v) is 2.08. The van der Waals surface area contributed by atoms with Gasteiger partial charge in [0.15, 0.2) is 0 Å². The van der Waals surface area contributed by atoms with Crippen LogP contribution in [0.2, 0.25) is 0 Å². The van der Waals surface area contributed by atoms with Crippen LogP contribution in [0.25, 0.3) is 0 Å². The van der Waals surface area contributed by atoms with E-state index in [1.807, 2.05) is 0 Å². The fraction of sp³-hybridized carbons (Fsp3) is 0.769. The number of carboxylic acids is 1. The molecular weight excluding hydrogens is 264 g/mol. The molecule has 114 valence electrons. The predicted octanol–water partition coefficient (Wildman–Crippen LogP) is 0.929. The van der Waals surface area contributed by atoms with Crippen LogP contribution < -0.4 is 0 Å². The van der Waals surface area contributed by atoms with Gasteiger partial charge in [0.2, 0.25) is 5.91 Å². The van der Waals surface area contributed by atoms with E-state index in [9.17, 15) is 14.4 Å². The van der Waals surface area contributed by atoms with E-state index in [-0.39, 0.29) is 25.4 Å². The van der Waals surface area contributed by atoms with Crippen molar-refractivity contribution < 1.29 is 24.2 Å². The first-order valence-electron chi connectivity index (χ1n) is 6.57. The topological polar surface area (TPSA) is 87.2 Å². The van der Waals surface area contributed by atoms with E-state index < -0.39 is 23.7 Å². The average Bonchev–Trinajstić information content (AvgIpc) is 2.25. The van der Waals surface area contributed by atoms with Crippen LogP contribution in [0.3, 0.4) is 0 Å². The first kappa shape index (κ1) is 16.3. The summed E-state index contributed by atoms with van der Waals surface area (Å²) >= 11 is 0. The molecule has 2 amide bonds. The highest BCUT2D eigenvalue weighted by Crippen LogP contribution is 2.18. The number of aliphatic carboxylic acids is 1. The largest absolute Gasteiger partial charge is 0.481 e. The summed E-state index contributed by atoms with van der Waals surface area (Å²) in [7, 11) is 0. The lowest BCUT2D eigenvalue weighted by Crippen LogP contribution is -2.57. The molecule has 0 aromatic carbocycles. The Kier molecular flexibility index (Phi) is 4.97. The van der Waals surface area contributed by atoms with Crippen LogP contribution in [-0.4, -0.2) is 64.2 Å². The van der Waals surface area contributed by atoms with E-state index in [0.717, 1.165) is 0 Å². The van der Waals surface area contributed by atoms with Crippen LogP contribution in [0.4, 0.5) is 4.79 Å². The maximum Gasteiger partial charge on any atom is 0.410 e. The zero-order valence-electron chi connectivity index (χ0n) is 12.4. The number of ether oxygens (including phenoxy) is 1. The molecule has 0 aromatic heterocycles. The van der Waals surface area contributed by atoms with Gasteiger partial charge in [-0.2, -0.15) is 0 Å². The summed E-state index contributed by atoms with van der Waals surface area (Å²) < 4.78 is 5.28. The van der Waals surface area contributed by atoms with Gasteiger partial charge >= 0.3 is 12.1 Å². The SMILES string of the molecule is CC(=O)N1CCN(C(=O)OC(C)(C)C)[C@@H](CC(=O)O)C1. The molecule has 1 atom stereocenters. The van der Waals surface area contributed by atoms with E-state index in [1.165, 1.54) is 11.8 Å². The van der Waals surface area contributed by atoms with Crippen molar-refractivity contribution in [2.45, 2.75) is 45.8 Å². The molecule has 7 heteroatoms. The number of carbonyl (C=O) groups excluding carboxylic acids is 2. The van der Waals surface area contributed by atoms with Gasteiger partial charge < -0.3 is 19.6 Å². The van der Waals surface area contributed by atoms with E-state index >= 15 is 0 Å². The number of amides is 2.